The van der Waals surface area contributed by atoms with E-state index in [0.29, 0.717) is 11.1 Å². The molecule has 0 N–H and O–H groups in total. The Bertz CT molecular complexity index is 2650. The van der Waals surface area contributed by atoms with Gasteiger partial charge in [-0.25, -0.2) is 0 Å². The standard InChI is InChI=1S/C44H28N4/c45-27-31-13-10-22-43(48-41-20-7-3-16-37(41)38-17-4-8-21-42(38)48)44(31)30-12-9-11-29(25-30)34-24-23-33(26-32(34)28-46)47-39-18-5-1-14-35(39)36-15-2-6-19-40(36)47/h1-7,9-20,22-26H,8,21H2. The first-order valence-electron chi connectivity index (χ1n) is 16.2. The minimum atomic E-state index is 0.595. The van der Waals surface area contributed by atoms with Crippen molar-refractivity contribution in [1.82, 2.24) is 9.13 Å². The summed E-state index contributed by atoms with van der Waals surface area (Å²) in [5.74, 6) is 0. The van der Waals surface area contributed by atoms with E-state index in [9.17, 15) is 10.5 Å². The van der Waals surface area contributed by atoms with Gasteiger partial charge >= 0.3 is 0 Å². The van der Waals surface area contributed by atoms with Gasteiger partial charge in [0.25, 0.3) is 0 Å². The summed E-state index contributed by atoms with van der Waals surface area (Å²) in [6.45, 7) is 0. The third kappa shape index (κ3) is 4.14. The first kappa shape index (κ1) is 27.7. The van der Waals surface area contributed by atoms with E-state index in [1.807, 2.05) is 30.3 Å². The monoisotopic (exact) mass is 612 g/mol. The van der Waals surface area contributed by atoms with Gasteiger partial charge in [-0.15, -0.1) is 0 Å². The molecule has 0 radical (unpaired) electrons. The molecule has 0 aliphatic heterocycles. The molecule has 0 saturated heterocycles. The van der Waals surface area contributed by atoms with Gasteiger partial charge in [0, 0.05) is 38.7 Å². The fourth-order valence-electron chi connectivity index (χ4n) is 7.63. The highest BCUT2D eigenvalue weighted by molar-refractivity contribution is 6.09. The average molecular weight is 613 g/mol. The second-order valence-electron chi connectivity index (χ2n) is 12.3. The smallest absolute Gasteiger partial charge is 0.0998 e. The summed E-state index contributed by atoms with van der Waals surface area (Å²) in [6, 6.07) is 50.7. The van der Waals surface area contributed by atoms with Crippen LogP contribution < -0.4 is 0 Å². The van der Waals surface area contributed by atoms with Crippen LogP contribution in [0, 0.1) is 22.7 Å². The number of benzene rings is 6. The fourth-order valence-corrected chi connectivity index (χ4v) is 7.63. The van der Waals surface area contributed by atoms with Gasteiger partial charge in [-0.05, 0) is 78.1 Å². The van der Waals surface area contributed by atoms with Gasteiger partial charge in [-0.2, -0.15) is 10.5 Å². The molecular formula is C44H28N4. The molecule has 0 amide bonds. The Balaban J connectivity index is 1.21. The van der Waals surface area contributed by atoms with Crippen molar-refractivity contribution in [2.75, 3.05) is 0 Å². The van der Waals surface area contributed by atoms with E-state index in [4.69, 9.17) is 0 Å². The molecule has 0 bridgehead atoms. The molecular weight excluding hydrogens is 585 g/mol. The predicted molar refractivity (Wildman–Crippen MR) is 195 cm³/mol. The first-order valence-corrected chi connectivity index (χ1v) is 16.2. The molecule has 2 aromatic heterocycles. The Hall–Kier alpha value is -6.62. The van der Waals surface area contributed by atoms with E-state index in [-0.39, 0.29) is 0 Å². The van der Waals surface area contributed by atoms with Gasteiger partial charge in [-0.1, -0.05) is 97.1 Å². The summed E-state index contributed by atoms with van der Waals surface area (Å²) >= 11 is 0. The van der Waals surface area contributed by atoms with E-state index in [1.165, 1.54) is 27.4 Å². The lowest BCUT2D eigenvalue weighted by Crippen LogP contribution is -2.05. The number of hydrogen-bond acceptors (Lipinski definition) is 2. The molecule has 4 heteroatoms. The summed E-state index contributed by atoms with van der Waals surface area (Å²) in [7, 11) is 0. The summed E-state index contributed by atoms with van der Waals surface area (Å²) in [6.07, 6.45) is 6.39. The molecule has 9 rings (SSSR count). The van der Waals surface area contributed by atoms with Crippen molar-refractivity contribution < 1.29 is 0 Å². The Morgan fingerprint density at radius 2 is 1.19 bits per heavy atom. The third-order valence-electron chi connectivity index (χ3n) is 9.68. The van der Waals surface area contributed by atoms with Crippen molar-refractivity contribution in [2.24, 2.45) is 0 Å². The number of aromatic nitrogens is 2. The highest BCUT2D eigenvalue weighted by Gasteiger charge is 2.22. The van der Waals surface area contributed by atoms with Crippen LogP contribution >= 0.6 is 0 Å². The van der Waals surface area contributed by atoms with Gasteiger partial charge in [0.15, 0.2) is 0 Å². The van der Waals surface area contributed by atoms with Gasteiger partial charge in [-0.3, -0.25) is 0 Å². The molecule has 0 unspecified atom stereocenters. The van der Waals surface area contributed by atoms with E-state index in [1.54, 1.807) is 0 Å². The summed E-state index contributed by atoms with van der Waals surface area (Å²) in [5.41, 5.74) is 12.6. The maximum Gasteiger partial charge on any atom is 0.0998 e. The van der Waals surface area contributed by atoms with Crippen molar-refractivity contribution in [3.8, 4) is 45.8 Å². The zero-order chi connectivity index (χ0) is 32.2. The van der Waals surface area contributed by atoms with Crippen LogP contribution in [0.3, 0.4) is 0 Å². The number of nitrogens with zero attached hydrogens (tertiary/aromatic N) is 4. The maximum absolute atomic E-state index is 10.5. The topological polar surface area (TPSA) is 57.4 Å². The highest BCUT2D eigenvalue weighted by atomic mass is 15.0. The largest absolute Gasteiger partial charge is 0.312 e. The third-order valence-corrected chi connectivity index (χ3v) is 9.68. The lowest BCUT2D eigenvalue weighted by atomic mass is 9.93. The lowest BCUT2D eigenvalue weighted by molar-refractivity contribution is 0.889. The SMILES string of the molecule is N#Cc1cc(-n2c3ccccc3c3ccccc32)ccc1-c1cccc(-c2c(C#N)cccc2-n2c3c(c4ccccc42)C=CCC3)c1. The second-order valence-corrected chi connectivity index (χ2v) is 12.3. The first-order chi connectivity index (χ1) is 23.7. The van der Waals surface area contributed by atoms with Crippen LogP contribution in [-0.2, 0) is 6.42 Å². The van der Waals surface area contributed by atoms with Crippen LogP contribution in [0.2, 0.25) is 0 Å². The van der Waals surface area contributed by atoms with Crippen LogP contribution in [-0.4, -0.2) is 9.13 Å². The second kappa shape index (κ2) is 11.0. The van der Waals surface area contributed by atoms with Crippen molar-refractivity contribution in [1.29, 1.82) is 10.5 Å². The minimum absolute atomic E-state index is 0.595. The number of fused-ring (bicyclic) bond motifs is 6. The molecule has 48 heavy (non-hydrogen) atoms. The molecule has 0 atom stereocenters. The molecule has 2 heterocycles. The van der Waals surface area contributed by atoms with Crippen molar-refractivity contribution in [2.45, 2.75) is 12.8 Å². The summed E-state index contributed by atoms with van der Waals surface area (Å²) in [4.78, 5) is 0. The zero-order valence-corrected chi connectivity index (χ0v) is 26.1. The Labute approximate surface area is 278 Å². The van der Waals surface area contributed by atoms with E-state index in [0.717, 1.165) is 63.0 Å². The lowest BCUT2D eigenvalue weighted by Gasteiger charge is -2.19. The van der Waals surface area contributed by atoms with Gasteiger partial charge in [0.1, 0.15) is 0 Å². The van der Waals surface area contributed by atoms with E-state index >= 15 is 0 Å². The molecule has 8 aromatic rings. The summed E-state index contributed by atoms with van der Waals surface area (Å²) in [5, 5.41) is 24.4. The number of hydrogen-bond donors (Lipinski definition) is 0. The summed E-state index contributed by atoms with van der Waals surface area (Å²) < 4.78 is 4.58. The quantitative estimate of drug-likeness (QED) is 0.199. The van der Waals surface area contributed by atoms with Crippen LogP contribution in [0.15, 0.2) is 140 Å². The fraction of sp³-hybridized carbons (Fsp3) is 0.0455. The van der Waals surface area contributed by atoms with Gasteiger partial charge in [0.2, 0.25) is 0 Å². The van der Waals surface area contributed by atoms with Gasteiger partial charge in [0.05, 0.1) is 45.5 Å². The molecule has 0 spiro atoms. The number of para-hydroxylation sites is 3. The molecule has 224 valence electrons. The van der Waals surface area contributed by atoms with Crippen LogP contribution in [0.1, 0.15) is 28.8 Å². The number of allylic oxidation sites excluding steroid dienone is 1. The molecule has 1 aliphatic rings. The molecule has 1 aliphatic carbocycles. The average Bonchev–Trinajstić information content (AvgIpc) is 3.67. The van der Waals surface area contributed by atoms with Crippen LogP contribution in [0.4, 0.5) is 0 Å². The van der Waals surface area contributed by atoms with E-state index in [2.05, 4.69) is 137 Å². The molecule has 4 nitrogen and oxygen atoms in total. The minimum Gasteiger partial charge on any atom is -0.312 e. The van der Waals surface area contributed by atoms with Crippen LogP contribution in [0.5, 0.6) is 0 Å². The zero-order valence-electron chi connectivity index (χ0n) is 26.1. The Morgan fingerprint density at radius 1 is 0.542 bits per heavy atom. The maximum atomic E-state index is 10.5. The van der Waals surface area contributed by atoms with E-state index < -0.39 is 0 Å². The normalized spacial score (nSPS) is 12.3. The molecule has 0 fully saturated rings. The number of rotatable bonds is 4. The molecule has 0 saturated carbocycles. The van der Waals surface area contributed by atoms with Crippen molar-refractivity contribution in [3.05, 3.63) is 162 Å². The highest BCUT2D eigenvalue weighted by Crippen LogP contribution is 2.40. The Morgan fingerprint density at radius 3 is 1.92 bits per heavy atom. The van der Waals surface area contributed by atoms with Crippen molar-refractivity contribution in [3.63, 3.8) is 0 Å². The predicted octanol–water partition coefficient (Wildman–Crippen LogP) is 10.8. The van der Waals surface area contributed by atoms with Crippen molar-refractivity contribution >= 4 is 38.8 Å². The Kier molecular flexibility index (Phi) is 6.35. The van der Waals surface area contributed by atoms with Gasteiger partial charge < -0.3 is 9.13 Å². The van der Waals surface area contributed by atoms with Crippen LogP contribution in [0.25, 0.3) is 72.4 Å². The molecule has 6 aromatic carbocycles. The number of nitriles is 2.